The van der Waals surface area contributed by atoms with Crippen molar-refractivity contribution in [2.75, 3.05) is 0 Å². The van der Waals surface area contributed by atoms with E-state index in [4.69, 9.17) is 11.6 Å². The second kappa shape index (κ2) is 3.12. The molecule has 1 aromatic heterocycles. The number of rotatable bonds is 1. The van der Waals surface area contributed by atoms with Crippen molar-refractivity contribution in [3.8, 4) is 0 Å². The van der Waals surface area contributed by atoms with Crippen molar-refractivity contribution in [2.24, 2.45) is 0 Å². The van der Waals surface area contributed by atoms with Gasteiger partial charge in [-0.3, -0.25) is 4.79 Å². The summed E-state index contributed by atoms with van der Waals surface area (Å²) in [6.07, 6.45) is 0.651. The maximum atomic E-state index is 10.1. The van der Waals surface area contributed by atoms with Gasteiger partial charge in [0.05, 0.1) is 4.47 Å². The fourth-order valence-corrected chi connectivity index (χ4v) is 0.878. The molecule has 0 saturated carbocycles. The SMILES string of the molecule is O=Cc1ccc(Br)c(Cl)n1. The van der Waals surface area contributed by atoms with E-state index in [9.17, 15) is 4.79 Å². The average molecular weight is 220 g/mol. The van der Waals surface area contributed by atoms with Gasteiger partial charge in [-0.2, -0.15) is 0 Å². The molecule has 1 heterocycles. The highest BCUT2D eigenvalue weighted by molar-refractivity contribution is 9.10. The van der Waals surface area contributed by atoms with Crippen LogP contribution in [-0.4, -0.2) is 11.3 Å². The number of pyridine rings is 1. The summed E-state index contributed by atoms with van der Waals surface area (Å²) in [4.78, 5) is 13.9. The van der Waals surface area contributed by atoms with Gasteiger partial charge in [-0.05, 0) is 28.1 Å². The molecule has 0 spiro atoms. The Morgan fingerprint density at radius 1 is 1.60 bits per heavy atom. The molecule has 1 rings (SSSR count). The Bertz CT molecular complexity index is 264. The second-order valence-corrected chi connectivity index (χ2v) is 2.84. The van der Waals surface area contributed by atoms with Gasteiger partial charge in [0.25, 0.3) is 0 Å². The minimum atomic E-state index is 0.310. The predicted molar refractivity (Wildman–Crippen MR) is 42.3 cm³/mol. The number of carbonyl (C=O) groups is 1. The monoisotopic (exact) mass is 219 g/mol. The molecule has 0 radical (unpaired) electrons. The third kappa shape index (κ3) is 1.55. The van der Waals surface area contributed by atoms with Crippen LogP contribution in [0.3, 0.4) is 0 Å². The van der Waals surface area contributed by atoms with Gasteiger partial charge in [0.1, 0.15) is 10.8 Å². The molecule has 52 valence electrons. The summed E-state index contributed by atoms with van der Waals surface area (Å²) < 4.78 is 0.694. The lowest BCUT2D eigenvalue weighted by atomic mass is 10.4. The van der Waals surface area contributed by atoms with E-state index in [2.05, 4.69) is 20.9 Å². The number of halogens is 2. The molecule has 4 heteroatoms. The molecule has 0 aliphatic carbocycles. The van der Waals surface area contributed by atoms with Gasteiger partial charge in [0.2, 0.25) is 0 Å². The zero-order valence-corrected chi connectivity index (χ0v) is 7.19. The molecular weight excluding hydrogens is 217 g/mol. The summed E-state index contributed by atoms with van der Waals surface area (Å²) in [5, 5.41) is 0.310. The maximum Gasteiger partial charge on any atom is 0.168 e. The highest BCUT2D eigenvalue weighted by atomic mass is 79.9. The van der Waals surface area contributed by atoms with E-state index in [-0.39, 0.29) is 0 Å². The summed E-state index contributed by atoms with van der Waals surface area (Å²) in [5.41, 5.74) is 0.341. The highest BCUT2D eigenvalue weighted by Crippen LogP contribution is 2.18. The van der Waals surface area contributed by atoms with E-state index in [0.717, 1.165) is 0 Å². The molecule has 0 fully saturated rings. The van der Waals surface area contributed by atoms with Gasteiger partial charge in [-0.25, -0.2) is 4.98 Å². The quantitative estimate of drug-likeness (QED) is 0.537. The molecule has 0 unspecified atom stereocenters. The topological polar surface area (TPSA) is 30.0 Å². The van der Waals surface area contributed by atoms with Crippen molar-refractivity contribution in [1.82, 2.24) is 4.98 Å². The third-order valence-corrected chi connectivity index (χ3v) is 2.10. The number of carbonyl (C=O) groups excluding carboxylic acids is 1. The normalized spacial score (nSPS) is 9.40. The fourth-order valence-electron chi connectivity index (χ4n) is 0.497. The van der Waals surface area contributed by atoms with Crippen LogP contribution in [0.4, 0.5) is 0 Å². The summed E-state index contributed by atoms with van der Waals surface area (Å²) in [7, 11) is 0. The maximum absolute atomic E-state index is 10.1. The molecule has 0 saturated heterocycles. The van der Waals surface area contributed by atoms with Crippen LogP contribution in [0.15, 0.2) is 16.6 Å². The highest BCUT2D eigenvalue weighted by Gasteiger charge is 1.97. The lowest BCUT2D eigenvalue weighted by molar-refractivity contribution is 0.111. The van der Waals surface area contributed by atoms with Gasteiger partial charge < -0.3 is 0 Å². The van der Waals surface area contributed by atoms with E-state index < -0.39 is 0 Å². The van der Waals surface area contributed by atoms with Crippen LogP contribution in [-0.2, 0) is 0 Å². The molecule has 2 nitrogen and oxygen atoms in total. The van der Waals surface area contributed by atoms with Gasteiger partial charge in [0.15, 0.2) is 6.29 Å². The molecule has 0 atom stereocenters. The van der Waals surface area contributed by atoms with Crippen molar-refractivity contribution in [2.45, 2.75) is 0 Å². The number of nitrogens with zero attached hydrogens (tertiary/aromatic N) is 1. The zero-order valence-electron chi connectivity index (χ0n) is 4.84. The van der Waals surface area contributed by atoms with Crippen LogP contribution in [0.5, 0.6) is 0 Å². The minimum absolute atomic E-state index is 0.310. The Labute approximate surface area is 71.3 Å². The summed E-state index contributed by atoms with van der Waals surface area (Å²) >= 11 is 8.72. The Morgan fingerprint density at radius 3 is 2.80 bits per heavy atom. The van der Waals surface area contributed by atoms with Crippen molar-refractivity contribution >= 4 is 33.8 Å². The Kier molecular flexibility index (Phi) is 2.40. The molecule has 0 aromatic carbocycles. The van der Waals surface area contributed by atoms with Crippen LogP contribution in [0.2, 0.25) is 5.15 Å². The molecule has 1 aromatic rings. The third-order valence-electron chi connectivity index (χ3n) is 0.946. The first kappa shape index (κ1) is 7.69. The van der Waals surface area contributed by atoms with Crippen LogP contribution in [0, 0.1) is 0 Å². The minimum Gasteiger partial charge on any atom is -0.296 e. The molecule has 0 aliphatic rings. The lowest BCUT2D eigenvalue weighted by Crippen LogP contribution is -1.85. The Balaban J connectivity index is 3.16. The molecular formula is C6H3BrClNO. The van der Waals surface area contributed by atoms with E-state index in [1.807, 2.05) is 0 Å². The molecule has 0 N–H and O–H groups in total. The van der Waals surface area contributed by atoms with Crippen LogP contribution in [0.25, 0.3) is 0 Å². The van der Waals surface area contributed by atoms with E-state index >= 15 is 0 Å². The summed E-state index contributed by atoms with van der Waals surface area (Å²) in [6.45, 7) is 0. The van der Waals surface area contributed by atoms with Gasteiger partial charge in [0, 0.05) is 0 Å². The number of aromatic nitrogens is 1. The molecule has 10 heavy (non-hydrogen) atoms. The Morgan fingerprint density at radius 2 is 2.30 bits per heavy atom. The first-order chi connectivity index (χ1) is 4.74. The summed E-state index contributed by atoms with van der Waals surface area (Å²) in [6, 6.07) is 3.27. The largest absolute Gasteiger partial charge is 0.296 e. The van der Waals surface area contributed by atoms with Gasteiger partial charge in [-0.1, -0.05) is 11.6 Å². The molecule has 0 aliphatic heterocycles. The number of hydrogen-bond donors (Lipinski definition) is 0. The number of hydrogen-bond acceptors (Lipinski definition) is 2. The van der Waals surface area contributed by atoms with Crippen LogP contribution >= 0.6 is 27.5 Å². The Hall–Kier alpha value is -0.410. The average Bonchev–Trinajstić information content (AvgIpc) is 1.95. The van der Waals surface area contributed by atoms with Crippen molar-refractivity contribution in [1.29, 1.82) is 0 Å². The predicted octanol–water partition coefficient (Wildman–Crippen LogP) is 2.31. The van der Waals surface area contributed by atoms with E-state index in [1.54, 1.807) is 12.1 Å². The first-order valence-electron chi connectivity index (χ1n) is 2.51. The second-order valence-electron chi connectivity index (χ2n) is 1.63. The lowest BCUT2D eigenvalue weighted by Gasteiger charge is -1.93. The van der Waals surface area contributed by atoms with E-state index in [1.165, 1.54) is 0 Å². The van der Waals surface area contributed by atoms with Gasteiger partial charge >= 0.3 is 0 Å². The molecule has 0 amide bonds. The van der Waals surface area contributed by atoms with Crippen LogP contribution in [0.1, 0.15) is 10.5 Å². The fraction of sp³-hybridized carbons (Fsp3) is 0. The van der Waals surface area contributed by atoms with E-state index in [0.29, 0.717) is 21.6 Å². The van der Waals surface area contributed by atoms with Crippen LogP contribution < -0.4 is 0 Å². The standard InChI is InChI=1S/C6H3BrClNO/c7-5-2-1-4(3-10)9-6(5)8/h1-3H. The number of aldehydes is 1. The summed E-state index contributed by atoms with van der Waals surface area (Å²) in [5.74, 6) is 0. The smallest absolute Gasteiger partial charge is 0.168 e. The van der Waals surface area contributed by atoms with Crippen molar-refractivity contribution < 1.29 is 4.79 Å². The zero-order chi connectivity index (χ0) is 7.56. The van der Waals surface area contributed by atoms with Crippen molar-refractivity contribution in [3.63, 3.8) is 0 Å². The van der Waals surface area contributed by atoms with Gasteiger partial charge in [-0.15, -0.1) is 0 Å². The molecule has 0 bridgehead atoms. The first-order valence-corrected chi connectivity index (χ1v) is 3.68. The van der Waals surface area contributed by atoms with Crippen molar-refractivity contribution in [3.05, 3.63) is 27.5 Å².